The van der Waals surface area contributed by atoms with Gasteiger partial charge in [0.05, 0.1) is 5.69 Å². The van der Waals surface area contributed by atoms with Gasteiger partial charge in [-0.3, -0.25) is 4.68 Å². The number of aromatic nitrogens is 2. The van der Waals surface area contributed by atoms with Gasteiger partial charge in [0.15, 0.2) is 0 Å². The first-order valence-electron chi connectivity index (χ1n) is 5.68. The molecule has 0 radical (unpaired) electrons. The molecule has 0 amide bonds. The van der Waals surface area contributed by atoms with Crippen molar-refractivity contribution in [3.8, 4) is 0 Å². The van der Waals surface area contributed by atoms with Crippen LogP contribution in [0.25, 0.3) is 0 Å². The van der Waals surface area contributed by atoms with Crippen LogP contribution in [0.1, 0.15) is 25.2 Å². The van der Waals surface area contributed by atoms with Crippen molar-refractivity contribution in [3.63, 3.8) is 0 Å². The summed E-state index contributed by atoms with van der Waals surface area (Å²) in [6, 6.07) is 2.18. The lowest BCUT2D eigenvalue weighted by Gasteiger charge is -2.19. The Morgan fingerprint density at radius 1 is 1.40 bits per heavy atom. The van der Waals surface area contributed by atoms with Crippen LogP contribution in [0.15, 0.2) is 6.07 Å². The van der Waals surface area contributed by atoms with Gasteiger partial charge < -0.3 is 5.32 Å². The van der Waals surface area contributed by atoms with E-state index >= 15 is 0 Å². The maximum Gasteiger partial charge on any atom is 0.0596 e. The van der Waals surface area contributed by atoms with Gasteiger partial charge in [0.1, 0.15) is 0 Å². The van der Waals surface area contributed by atoms with E-state index in [9.17, 15) is 0 Å². The lowest BCUT2D eigenvalue weighted by atomic mass is 9.91. The van der Waals surface area contributed by atoms with E-state index in [0.29, 0.717) is 11.8 Å². The summed E-state index contributed by atoms with van der Waals surface area (Å²) in [5.74, 6) is 1.39. The molecule has 0 aromatic carbocycles. The predicted octanol–water partition coefficient (Wildman–Crippen LogP) is 1.76. The second kappa shape index (κ2) is 5.31. The van der Waals surface area contributed by atoms with E-state index in [4.69, 9.17) is 0 Å². The highest BCUT2D eigenvalue weighted by molar-refractivity contribution is 5.09. The molecule has 3 nitrogen and oxygen atoms in total. The Morgan fingerprint density at radius 3 is 2.53 bits per heavy atom. The molecule has 0 saturated heterocycles. The molecule has 2 unspecified atom stereocenters. The summed E-state index contributed by atoms with van der Waals surface area (Å²) in [6.45, 7) is 7.73. The van der Waals surface area contributed by atoms with Crippen molar-refractivity contribution >= 4 is 0 Å². The molecule has 0 spiro atoms. The van der Waals surface area contributed by atoms with Gasteiger partial charge in [-0.1, -0.05) is 13.8 Å². The molecule has 15 heavy (non-hydrogen) atoms. The van der Waals surface area contributed by atoms with Crippen LogP contribution in [0.3, 0.4) is 0 Å². The largest absolute Gasteiger partial charge is 0.319 e. The van der Waals surface area contributed by atoms with Crippen LogP contribution in [-0.2, 0) is 13.5 Å². The number of hydrogen-bond donors (Lipinski definition) is 1. The Kier molecular flexibility index (Phi) is 4.33. The molecule has 0 aliphatic rings. The minimum absolute atomic E-state index is 0.687. The molecule has 1 rings (SSSR count). The minimum atomic E-state index is 0.687. The zero-order chi connectivity index (χ0) is 11.4. The van der Waals surface area contributed by atoms with Gasteiger partial charge in [-0.25, -0.2) is 0 Å². The molecule has 3 heteroatoms. The third-order valence-electron chi connectivity index (χ3n) is 3.13. The maximum absolute atomic E-state index is 4.37. The van der Waals surface area contributed by atoms with Gasteiger partial charge in [-0.2, -0.15) is 5.10 Å². The van der Waals surface area contributed by atoms with E-state index in [2.05, 4.69) is 30.3 Å². The summed E-state index contributed by atoms with van der Waals surface area (Å²) in [7, 11) is 4.04. The molecule has 1 aromatic rings. The summed E-state index contributed by atoms with van der Waals surface area (Å²) in [5.41, 5.74) is 2.45. The van der Waals surface area contributed by atoms with Crippen LogP contribution in [-0.4, -0.2) is 23.4 Å². The van der Waals surface area contributed by atoms with Crippen molar-refractivity contribution in [1.29, 1.82) is 0 Å². The monoisotopic (exact) mass is 209 g/mol. The number of rotatable bonds is 5. The van der Waals surface area contributed by atoms with Gasteiger partial charge in [0, 0.05) is 12.7 Å². The molecular weight excluding hydrogens is 186 g/mol. The normalized spacial score (nSPS) is 15.3. The average molecular weight is 209 g/mol. The quantitative estimate of drug-likeness (QED) is 0.801. The van der Waals surface area contributed by atoms with Crippen LogP contribution < -0.4 is 5.32 Å². The molecule has 1 aromatic heterocycles. The molecule has 1 heterocycles. The van der Waals surface area contributed by atoms with Gasteiger partial charge in [-0.15, -0.1) is 0 Å². The summed E-state index contributed by atoms with van der Waals surface area (Å²) >= 11 is 0. The Hall–Kier alpha value is -0.830. The van der Waals surface area contributed by atoms with Crippen LogP contribution in [0.2, 0.25) is 0 Å². The summed E-state index contributed by atoms with van der Waals surface area (Å²) in [4.78, 5) is 0. The number of hydrogen-bond acceptors (Lipinski definition) is 2. The smallest absolute Gasteiger partial charge is 0.0596 e. The lowest BCUT2D eigenvalue weighted by molar-refractivity contribution is 0.367. The third-order valence-corrected chi connectivity index (χ3v) is 3.13. The topological polar surface area (TPSA) is 29.9 Å². The Balaban J connectivity index is 2.57. The SMILES string of the molecule is CNCC(C)C(C)Cc1cc(C)nn1C. The first kappa shape index (κ1) is 12.2. The number of aryl methyl sites for hydroxylation is 2. The summed E-state index contributed by atoms with van der Waals surface area (Å²) < 4.78 is 2.00. The Bertz CT molecular complexity index is 304. The van der Waals surface area contributed by atoms with Crippen molar-refractivity contribution in [2.24, 2.45) is 18.9 Å². The molecular formula is C12H23N3. The Labute approximate surface area is 92.9 Å². The van der Waals surface area contributed by atoms with Crippen molar-refractivity contribution < 1.29 is 0 Å². The zero-order valence-electron chi connectivity index (χ0n) is 10.5. The number of nitrogens with zero attached hydrogens (tertiary/aromatic N) is 2. The molecule has 0 aliphatic heterocycles. The van der Waals surface area contributed by atoms with E-state index < -0.39 is 0 Å². The van der Waals surface area contributed by atoms with Gasteiger partial charge in [0.25, 0.3) is 0 Å². The van der Waals surface area contributed by atoms with Crippen LogP contribution in [0, 0.1) is 18.8 Å². The van der Waals surface area contributed by atoms with E-state index in [1.165, 1.54) is 5.69 Å². The fraction of sp³-hybridized carbons (Fsp3) is 0.750. The first-order valence-corrected chi connectivity index (χ1v) is 5.68. The van der Waals surface area contributed by atoms with Crippen LogP contribution in [0.5, 0.6) is 0 Å². The third kappa shape index (κ3) is 3.34. The highest BCUT2D eigenvalue weighted by atomic mass is 15.3. The molecule has 0 bridgehead atoms. The van der Waals surface area contributed by atoms with Crippen LogP contribution >= 0.6 is 0 Å². The second-order valence-electron chi connectivity index (χ2n) is 4.62. The van der Waals surface area contributed by atoms with Crippen LogP contribution in [0.4, 0.5) is 0 Å². The lowest BCUT2D eigenvalue weighted by Crippen LogP contribution is -2.23. The summed E-state index contributed by atoms with van der Waals surface area (Å²) in [6.07, 6.45) is 1.11. The molecule has 86 valence electrons. The number of nitrogens with one attached hydrogen (secondary N) is 1. The summed E-state index contributed by atoms with van der Waals surface area (Å²) in [5, 5.41) is 7.60. The molecule has 0 aliphatic carbocycles. The fourth-order valence-corrected chi connectivity index (χ4v) is 1.91. The first-order chi connectivity index (χ1) is 7.04. The van der Waals surface area contributed by atoms with E-state index in [-0.39, 0.29) is 0 Å². The molecule has 0 saturated carbocycles. The predicted molar refractivity (Wildman–Crippen MR) is 63.9 cm³/mol. The van der Waals surface area contributed by atoms with Gasteiger partial charge in [0.2, 0.25) is 0 Å². The van der Waals surface area contributed by atoms with Gasteiger partial charge >= 0.3 is 0 Å². The minimum Gasteiger partial charge on any atom is -0.319 e. The van der Waals surface area contributed by atoms with Crippen molar-refractivity contribution in [2.45, 2.75) is 27.2 Å². The standard InChI is InChI=1S/C12H23N3/c1-9(10(2)8-13-4)6-12-7-11(3)14-15(12)5/h7,9-10,13H,6,8H2,1-5H3. The second-order valence-corrected chi connectivity index (χ2v) is 4.62. The fourth-order valence-electron chi connectivity index (χ4n) is 1.91. The van der Waals surface area contributed by atoms with E-state index in [0.717, 1.165) is 18.7 Å². The molecule has 0 fully saturated rings. The van der Waals surface area contributed by atoms with Crippen molar-refractivity contribution in [3.05, 3.63) is 17.5 Å². The molecule has 1 N–H and O–H groups in total. The van der Waals surface area contributed by atoms with E-state index in [1.54, 1.807) is 0 Å². The van der Waals surface area contributed by atoms with E-state index in [1.807, 2.05) is 25.7 Å². The maximum atomic E-state index is 4.37. The molecule has 2 atom stereocenters. The van der Waals surface area contributed by atoms with Crippen molar-refractivity contribution in [2.75, 3.05) is 13.6 Å². The zero-order valence-corrected chi connectivity index (χ0v) is 10.5. The Morgan fingerprint density at radius 2 is 2.07 bits per heavy atom. The van der Waals surface area contributed by atoms with Crippen molar-refractivity contribution in [1.82, 2.24) is 15.1 Å². The highest BCUT2D eigenvalue weighted by Gasteiger charge is 2.14. The van der Waals surface area contributed by atoms with Gasteiger partial charge in [-0.05, 0) is 44.8 Å². The highest BCUT2D eigenvalue weighted by Crippen LogP contribution is 2.16. The average Bonchev–Trinajstić information content (AvgIpc) is 2.45.